The molecule has 3 atom stereocenters. The molecule has 4 heteroatoms. The third-order valence-corrected chi connectivity index (χ3v) is 4.19. The minimum atomic E-state index is -0.674. The Hall–Kier alpha value is -1.55. The normalized spacial score (nSPS) is 26.2. The first-order valence-corrected chi connectivity index (χ1v) is 6.86. The van der Waals surface area contributed by atoms with Crippen LogP contribution in [0.3, 0.4) is 0 Å². The molecule has 1 saturated carbocycles. The molecule has 3 rings (SSSR count). The zero-order chi connectivity index (χ0) is 13.4. The topological polar surface area (TPSA) is 58.6 Å². The summed E-state index contributed by atoms with van der Waals surface area (Å²) < 4.78 is 5.61. The summed E-state index contributed by atoms with van der Waals surface area (Å²) >= 11 is 0. The molecule has 2 aliphatic rings. The third kappa shape index (κ3) is 2.32. The van der Waals surface area contributed by atoms with Crippen LogP contribution in [0.1, 0.15) is 30.0 Å². The van der Waals surface area contributed by atoms with Crippen LogP contribution < -0.4 is 10.1 Å². The van der Waals surface area contributed by atoms with Crippen LogP contribution in [0.25, 0.3) is 0 Å². The highest BCUT2D eigenvalue weighted by Crippen LogP contribution is 2.47. The van der Waals surface area contributed by atoms with Crippen molar-refractivity contribution < 1.29 is 14.6 Å². The molecule has 1 heterocycles. The molecule has 0 bridgehead atoms. The van der Waals surface area contributed by atoms with Crippen molar-refractivity contribution in [3.63, 3.8) is 0 Å². The molecular formula is C15H19NO3. The predicted molar refractivity (Wildman–Crippen MR) is 71.3 cm³/mol. The first-order valence-electron chi connectivity index (χ1n) is 6.86. The zero-order valence-electron chi connectivity index (χ0n) is 11.1. The van der Waals surface area contributed by atoms with Gasteiger partial charge in [0.05, 0.1) is 12.5 Å². The Labute approximate surface area is 112 Å². The monoisotopic (exact) mass is 261 g/mol. The second-order valence-corrected chi connectivity index (χ2v) is 5.43. The van der Waals surface area contributed by atoms with Gasteiger partial charge in [0.25, 0.3) is 0 Å². The largest absolute Gasteiger partial charge is 0.493 e. The minimum absolute atomic E-state index is 0.133. The van der Waals surface area contributed by atoms with Crippen LogP contribution >= 0.6 is 0 Å². The van der Waals surface area contributed by atoms with Gasteiger partial charge in [0.15, 0.2) is 0 Å². The molecule has 0 spiro atoms. The van der Waals surface area contributed by atoms with E-state index in [2.05, 4.69) is 17.4 Å². The lowest BCUT2D eigenvalue weighted by Crippen LogP contribution is -2.21. The second-order valence-electron chi connectivity index (χ2n) is 5.43. The van der Waals surface area contributed by atoms with Crippen molar-refractivity contribution in [2.24, 2.45) is 11.8 Å². The van der Waals surface area contributed by atoms with E-state index in [-0.39, 0.29) is 17.9 Å². The van der Waals surface area contributed by atoms with Gasteiger partial charge in [-0.1, -0.05) is 12.1 Å². The van der Waals surface area contributed by atoms with Gasteiger partial charge >= 0.3 is 5.97 Å². The van der Waals surface area contributed by atoms with E-state index in [9.17, 15) is 4.79 Å². The van der Waals surface area contributed by atoms with Gasteiger partial charge in [-0.2, -0.15) is 0 Å². The fourth-order valence-corrected chi connectivity index (χ4v) is 3.07. The molecular weight excluding hydrogens is 242 g/mol. The Balaban J connectivity index is 1.82. The number of carbonyl (C=O) groups is 1. The molecule has 1 aliphatic carbocycles. The first kappa shape index (κ1) is 12.5. The van der Waals surface area contributed by atoms with Crippen LogP contribution in [0.4, 0.5) is 0 Å². The van der Waals surface area contributed by atoms with Crippen LogP contribution in [-0.2, 0) is 11.2 Å². The number of hydrogen-bond acceptors (Lipinski definition) is 3. The first-order chi connectivity index (χ1) is 9.20. The number of hydrogen-bond donors (Lipinski definition) is 2. The number of benzene rings is 1. The standard InChI is InChI=1S/C15H19NO3/c1-16-14(11-8-12(11)15(17)18)10-4-5-13-9(7-10)3-2-6-19-13/h4-5,7,11-12,14,16H,2-3,6,8H2,1H3,(H,17,18). The number of fused-ring (bicyclic) bond motifs is 1. The van der Waals surface area contributed by atoms with E-state index in [0.29, 0.717) is 0 Å². The van der Waals surface area contributed by atoms with Crippen molar-refractivity contribution in [1.82, 2.24) is 5.32 Å². The molecule has 1 aromatic carbocycles. The highest BCUT2D eigenvalue weighted by Gasteiger charge is 2.48. The molecule has 0 radical (unpaired) electrons. The van der Waals surface area contributed by atoms with Gasteiger partial charge in [0.2, 0.25) is 0 Å². The lowest BCUT2D eigenvalue weighted by atomic mass is 9.96. The maximum atomic E-state index is 11.0. The number of nitrogens with one attached hydrogen (secondary N) is 1. The lowest BCUT2D eigenvalue weighted by Gasteiger charge is -2.21. The molecule has 0 amide bonds. The minimum Gasteiger partial charge on any atom is -0.493 e. The fraction of sp³-hybridized carbons (Fsp3) is 0.533. The van der Waals surface area contributed by atoms with E-state index in [1.807, 2.05) is 13.1 Å². The highest BCUT2D eigenvalue weighted by atomic mass is 16.5. The summed E-state index contributed by atoms with van der Waals surface area (Å²) in [5, 5.41) is 12.3. The Kier molecular flexibility index (Phi) is 3.19. The van der Waals surface area contributed by atoms with Gasteiger partial charge in [-0.15, -0.1) is 0 Å². The van der Waals surface area contributed by atoms with Crippen LogP contribution in [0.2, 0.25) is 0 Å². The summed E-state index contributed by atoms with van der Waals surface area (Å²) in [4.78, 5) is 11.0. The summed E-state index contributed by atoms with van der Waals surface area (Å²) in [6.45, 7) is 0.797. The Morgan fingerprint density at radius 2 is 2.37 bits per heavy atom. The fourth-order valence-electron chi connectivity index (χ4n) is 3.07. The summed E-state index contributed by atoms with van der Waals surface area (Å²) in [5.41, 5.74) is 2.43. The van der Waals surface area contributed by atoms with Crippen LogP contribution in [0, 0.1) is 11.8 Å². The molecule has 0 aromatic heterocycles. The van der Waals surface area contributed by atoms with Gasteiger partial charge in [0.1, 0.15) is 5.75 Å². The second kappa shape index (κ2) is 4.85. The van der Waals surface area contributed by atoms with Crippen LogP contribution in [0.5, 0.6) is 5.75 Å². The SMILES string of the molecule is CNC(c1ccc2c(c1)CCCO2)C1CC1C(=O)O. The van der Waals surface area contributed by atoms with E-state index in [1.54, 1.807) is 0 Å². The zero-order valence-corrected chi connectivity index (χ0v) is 11.1. The summed E-state index contributed by atoms with van der Waals surface area (Å²) in [5.74, 6) is 0.330. The van der Waals surface area contributed by atoms with Gasteiger partial charge < -0.3 is 15.2 Å². The van der Waals surface area contributed by atoms with E-state index in [4.69, 9.17) is 9.84 Å². The van der Waals surface area contributed by atoms with Crippen LogP contribution in [-0.4, -0.2) is 24.7 Å². The molecule has 3 unspecified atom stereocenters. The van der Waals surface area contributed by atoms with Gasteiger partial charge in [-0.3, -0.25) is 4.79 Å². The summed E-state index contributed by atoms with van der Waals surface area (Å²) in [6, 6.07) is 6.38. The average molecular weight is 261 g/mol. The summed E-state index contributed by atoms with van der Waals surface area (Å²) in [7, 11) is 1.90. The van der Waals surface area contributed by atoms with Gasteiger partial charge in [-0.05, 0) is 49.4 Å². The van der Waals surface area contributed by atoms with Crippen molar-refractivity contribution in [3.05, 3.63) is 29.3 Å². The van der Waals surface area contributed by atoms with Crippen molar-refractivity contribution in [1.29, 1.82) is 0 Å². The quantitative estimate of drug-likeness (QED) is 0.870. The van der Waals surface area contributed by atoms with Crippen LogP contribution in [0.15, 0.2) is 18.2 Å². The molecule has 0 saturated heterocycles. The highest BCUT2D eigenvalue weighted by molar-refractivity contribution is 5.73. The van der Waals surface area contributed by atoms with E-state index in [0.717, 1.165) is 31.6 Å². The van der Waals surface area contributed by atoms with Gasteiger partial charge in [-0.25, -0.2) is 0 Å². The number of aliphatic carboxylic acids is 1. The lowest BCUT2D eigenvalue weighted by molar-refractivity contribution is -0.138. The molecule has 4 nitrogen and oxygen atoms in total. The molecule has 2 N–H and O–H groups in total. The van der Waals surface area contributed by atoms with Crippen molar-refractivity contribution in [2.45, 2.75) is 25.3 Å². The molecule has 1 aromatic rings. The van der Waals surface area contributed by atoms with Crippen molar-refractivity contribution in [3.8, 4) is 5.75 Å². The number of carboxylic acid groups (broad SMARTS) is 1. The number of carboxylic acids is 1. The molecule has 19 heavy (non-hydrogen) atoms. The number of aryl methyl sites for hydroxylation is 1. The predicted octanol–water partition coefficient (Wildman–Crippen LogP) is 1.99. The number of ether oxygens (including phenoxy) is 1. The molecule has 102 valence electrons. The van der Waals surface area contributed by atoms with Crippen molar-refractivity contribution >= 4 is 5.97 Å². The average Bonchev–Trinajstić information content (AvgIpc) is 3.20. The summed E-state index contributed by atoms with van der Waals surface area (Å²) in [6.07, 6.45) is 2.88. The van der Waals surface area contributed by atoms with E-state index < -0.39 is 5.97 Å². The van der Waals surface area contributed by atoms with Gasteiger partial charge in [0, 0.05) is 6.04 Å². The Morgan fingerprint density at radius 3 is 3.05 bits per heavy atom. The maximum absolute atomic E-state index is 11.0. The number of rotatable bonds is 4. The van der Waals surface area contributed by atoms with E-state index >= 15 is 0 Å². The smallest absolute Gasteiger partial charge is 0.306 e. The maximum Gasteiger partial charge on any atom is 0.306 e. The third-order valence-electron chi connectivity index (χ3n) is 4.19. The Morgan fingerprint density at radius 1 is 1.53 bits per heavy atom. The molecule has 1 aliphatic heterocycles. The molecule has 1 fully saturated rings. The Bertz CT molecular complexity index is 500. The van der Waals surface area contributed by atoms with E-state index in [1.165, 1.54) is 11.1 Å². The van der Waals surface area contributed by atoms with Crippen molar-refractivity contribution in [2.75, 3.05) is 13.7 Å².